The molecule has 0 atom stereocenters. The summed E-state index contributed by atoms with van der Waals surface area (Å²) >= 11 is 0. The Labute approximate surface area is 122 Å². The number of nitrogens with zero attached hydrogens (tertiary/aromatic N) is 2. The highest BCUT2D eigenvalue weighted by atomic mass is 19.1. The van der Waals surface area contributed by atoms with Crippen LogP contribution in [-0.2, 0) is 0 Å². The van der Waals surface area contributed by atoms with E-state index in [4.69, 9.17) is 0 Å². The average molecular weight is 282 g/mol. The summed E-state index contributed by atoms with van der Waals surface area (Å²) in [5, 5.41) is 10.8. The molecule has 0 spiro atoms. The van der Waals surface area contributed by atoms with E-state index in [1.807, 2.05) is 13.8 Å². The van der Waals surface area contributed by atoms with Gasteiger partial charge in [-0.15, -0.1) is 0 Å². The van der Waals surface area contributed by atoms with E-state index in [9.17, 15) is 9.50 Å². The molecule has 0 radical (unpaired) electrons. The molecule has 0 amide bonds. The molecule has 0 aliphatic rings. The van der Waals surface area contributed by atoms with Crippen molar-refractivity contribution in [2.75, 3.05) is 0 Å². The van der Waals surface area contributed by atoms with Gasteiger partial charge in [-0.25, -0.2) is 4.39 Å². The summed E-state index contributed by atoms with van der Waals surface area (Å²) < 4.78 is 13.5. The molecule has 3 nitrogen and oxygen atoms in total. The molecule has 0 unspecified atom stereocenters. The van der Waals surface area contributed by atoms with Crippen molar-refractivity contribution < 1.29 is 9.50 Å². The summed E-state index contributed by atoms with van der Waals surface area (Å²) in [6.07, 6.45) is 3.37. The quantitative estimate of drug-likeness (QED) is 0.763. The lowest BCUT2D eigenvalue weighted by molar-refractivity contribution is 0.460. The van der Waals surface area contributed by atoms with Crippen LogP contribution in [0.1, 0.15) is 25.5 Å². The fourth-order valence-corrected chi connectivity index (χ4v) is 2.43. The third-order valence-electron chi connectivity index (χ3n) is 3.46. The molecule has 0 saturated heterocycles. The zero-order valence-electron chi connectivity index (χ0n) is 11.8. The van der Waals surface area contributed by atoms with Crippen molar-refractivity contribution in [1.29, 1.82) is 0 Å². The van der Waals surface area contributed by atoms with Gasteiger partial charge in [0.2, 0.25) is 0 Å². The first kappa shape index (κ1) is 13.5. The number of aromatic hydroxyl groups is 1. The maximum Gasteiger partial charge on any atom is 0.137 e. The first-order chi connectivity index (χ1) is 10.1. The summed E-state index contributed by atoms with van der Waals surface area (Å²) in [4.78, 5) is 8.55. The number of rotatable bonds is 2. The van der Waals surface area contributed by atoms with Gasteiger partial charge in [0.15, 0.2) is 0 Å². The van der Waals surface area contributed by atoms with Crippen molar-refractivity contribution >= 4 is 10.9 Å². The number of hydrogen-bond acceptors (Lipinski definition) is 3. The zero-order valence-corrected chi connectivity index (χ0v) is 11.8. The first-order valence-electron chi connectivity index (χ1n) is 6.80. The molecule has 4 heteroatoms. The Balaban J connectivity index is 2.21. The van der Waals surface area contributed by atoms with Gasteiger partial charge in [0.25, 0.3) is 0 Å². The van der Waals surface area contributed by atoms with Gasteiger partial charge in [0, 0.05) is 23.3 Å². The van der Waals surface area contributed by atoms with Crippen LogP contribution in [0.3, 0.4) is 0 Å². The maximum absolute atomic E-state index is 13.5. The summed E-state index contributed by atoms with van der Waals surface area (Å²) in [7, 11) is 0. The minimum absolute atomic E-state index is 0.144. The lowest BCUT2D eigenvalue weighted by Gasteiger charge is -2.10. The monoisotopic (exact) mass is 282 g/mol. The van der Waals surface area contributed by atoms with Crippen molar-refractivity contribution in [3.63, 3.8) is 0 Å². The van der Waals surface area contributed by atoms with Gasteiger partial charge in [-0.05, 0) is 41.8 Å². The molecule has 2 aromatic heterocycles. The lowest BCUT2D eigenvalue weighted by Crippen LogP contribution is -1.94. The molecule has 0 aliphatic heterocycles. The van der Waals surface area contributed by atoms with Crippen LogP contribution in [0.5, 0.6) is 5.75 Å². The maximum atomic E-state index is 13.5. The molecule has 2 heterocycles. The average Bonchev–Trinajstić information content (AvgIpc) is 2.46. The van der Waals surface area contributed by atoms with Gasteiger partial charge in [0.1, 0.15) is 11.6 Å². The molecule has 0 fully saturated rings. The lowest BCUT2D eigenvalue weighted by atomic mass is 10.0. The summed E-state index contributed by atoms with van der Waals surface area (Å²) in [5.41, 5.74) is 2.91. The Hall–Kier alpha value is -2.49. The molecule has 21 heavy (non-hydrogen) atoms. The van der Waals surface area contributed by atoms with Crippen molar-refractivity contribution in [1.82, 2.24) is 9.97 Å². The fraction of sp³-hybridized carbons (Fsp3) is 0.176. The smallest absolute Gasteiger partial charge is 0.137 e. The van der Waals surface area contributed by atoms with Gasteiger partial charge < -0.3 is 5.11 Å². The van der Waals surface area contributed by atoms with E-state index in [-0.39, 0.29) is 17.5 Å². The van der Waals surface area contributed by atoms with Gasteiger partial charge in [0.05, 0.1) is 11.2 Å². The van der Waals surface area contributed by atoms with Crippen LogP contribution in [0, 0.1) is 5.82 Å². The van der Waals surface area contributed by atoms with E-state index in [0.717, 1.165) is 11.1 Å². The molecule has 1 N–H and O–H groups in total. The van der Waals surface area contributed by atoms with Gasteiger partial charge in [-0.3, -0.25) is 9.97 Å². The second kappa shape index (κ2) is 5.13. The normalized spacial score (nSPS) is 11.2. The molecule has 0 saturated carbocycles. The van der Waals surface area contributed by atoms with Crippen molar-refractivity contribution in [2.24, 2.45) is 0 Å². The summed E-state index contributed by atoms with van der Waals surface area (Å²) in [6.45, 7) is 3.94. The predicted octanol–water partition coefficient (Wildman–Crippen LogP) is 4.26. The molecular formula is C17H15FN2O. The van der Waals surface area contributed by atoms with E-state index in [0.29, 0.717) is 16.6 Å². The second-order valence-electron chi connectivity index (χ2n) is 5.30. The Morgan fingerprint density at radius 3 is 2.62 bits per heavy atom. The summed E-state index contributed by atoms with van der Waals surface area (Å²) in [6, 6.07) is 7.95. The topological polar surface area (TPSA) is 46.0 Å². The third kappa shape index (κ3) is 2.44. The van der Waals surface area contributed by atoms with Crippen LogP contribution in [0.2, 0.25) is 0 Å². The predicted molar refractivity (Wildman–Crippen MR) is 80.7 cm³/mol. The van der Waals surface area contributed by atoms with Crippen LogP contribution in [-0.4, -0.2) is 15.1 Å². The van der Waals surface area contributed by atoms with Crippen molar-refractivity contribution in [3.05, 3.63) is 54.2 Å². The first-order valence-corrected chi connectivity index (χ1v) is 6.80. The Bertz CT molecular complexity index is 815. The number of aromatic nitrogens is 2. The SMILES string of the molecule is CC(C)c1ncc(-c2ccnc3ccc(F)cc23)cc1O. The molecule has 0 bridgehead atoms. The fourth-order valence-electron chi connectivity index (χ4n) is 2.43. The Morgan fingerprint density at radius 2 is 1.90 bits per heavy atom. The van der Waals surface area contributed by atoms with Crippen LogP contribution in [0.4, 0.5) is 4.39 Å². The third-order valence-corrected chi connectivity index (χ3v) is 3.46. The van der Waals surface area contributed by atoms with Crippen molar-refractivity contribution in [3.8, 4) is 16.9 Å². The number of pyridine rings is 2. The molecular weight excluding hydrogens is 267 g/mol. The molecule has 3 rings (SSSR count). The molecule has 3 aromatic rings. The second-order valence-corrected chi connectivity index (χ2v) is 5.30. The highest BCUT2D eigenvalue weighted by Crippen LogP contribution is 2.32. The number of fused-ring (bicyclic) bond motifs is 1. The van der Waals surface area contributed by atoms with Crippen molar-refractivity contribution in [2.45, 2.75) is 19.8 Å². The molecule has 0 aliphatic carbocycles. The highest BCUT2D eigenvalue weighted by molar-refractivity contribution is 5.94. The standard InChI is InChI=1S/C17H15FN2O/c1-10(2)17-16(21)7-11(9-20-17)13-5-6-19-15-4-3-12(18)8-14(13)15/h3-10,21H,1-2H3. The van der Waals surface area contributed by atoms with Gasteiger partial charge >= 0.3 is 0 Å². The van der Waals surface area contributed by atoms with E-state index in [1.54, 1.807) is 30.6 Å². The van der Waals surface area contributed by atoms with Gasteiger partial charge in [-0.1, -0.05) is 13.8 Å². The van der Waals surface area contributed by atoms with E-state index < -0.39 is 0 Å². The van der Waals surface area contributed by atoms with E-state index >= 15 is 0 Å². The largest absolute Gasteiger partial charge is 0.506 e. The Morgan fingerprint density at radius 1 is 1.10 bits per heavy atom. The minimum Gasteiger partial charge on any atom is -0.506 e. The number of hydrogen-bond donors (Lipinski definition) is 1. The number of halogens is 1. The van der Waals surface area contributed by atoms with Crippen LogP contribution >= 0.6 is 0 Å². The molecule has 1 aromatic carbocycles. The highest BCUT2D eigenvalue weighted by Gasteiger charge is 2.11. The van der Waals surface area contributed by atoms with Crippen LogP contribution < -0.4 is 0 Å². The van der Waals surface area contributed by atoms with Crippen LogP contribution in [0.25, 0.3) is 22.0 Å². The van der Waals surface area contributed by atoms with Gasteiger partial charge in [-0.2, -0.15) is 0 Å². The Kier molecular flexibility index (Phi) is 3.29. The van der Waals surface area contributed by atoms with E-state index in [2.05, 4.69) is 9.97 Å². The minimum atomic E-state index is -0.312. The number of benzene rings is 1. The molecule has 106 valence electrons. The van der Waals surface area contributed by atoms with Crippen LogP contribution in [0.15, 0.2) is 42.7 Å². The zero-order chi connectivity index (χ0) is 15.0. The van der Waals surface area contributed by atoms with E-state index in [1.165, 1.54) is 12.1 Å². The summed E-state index contributed by atoms with van der Waals surface area (Å²) in [5.74, 6) is -0.0118.